The van der Waals surface area contributed by atoms with Crippen LogP contribution in [0.4, 0.5) is 0 Å². The van der Waals surface area contributed by atoms with Crippen molar-refractivity contribution in [3.05, 3.63) is 23.3 Å². The van der Waals surface area contributed by atoms with Crippen LogP contribution in [0.15, 0.2) is 23.3 Å². The fourth-order valence-electron chi connectivity index (χ4n) is 7.55. The zero-order valence-corrected chi connectivity index (χ0v) is 19.8. The molecule has 6 nitrogen and oxygen atoms in total. The quantitative estimate of drug-likeness (QED) is 0.481. The van der Waals surface area contributed by atoms with Gasteiger partial charge in [-0.05, 0) is 50.0 Å². The summed E-state index contributed by atoms with van der Waals surface area (Å²) < 4.78 is 11.0. The number of hydrogen-bond acceptors (Lipinski definition) is 6. The molecule has 0 aromatic heterocycles. The lowest BCUT2D eigenvalue weighted by molar-refractivity contribution is -0.190. The van der Waals surface area contributed by atoms with Crippen molar-refractivity contribution in [2.24, 2.45) is 28.6 Å². The largest absolute Gasteiger partial charge is 0.458 e. The van der Waals surface area contributed by atoms with Crippen LogP contribution in [-0.4, -0.2) is 35.7 Å². The summed E-state index contributed by atoms with van der Waals surface area (Å²) in [4.78, 5) is 49.2. The Hall–Kier alpha value is -2.24. The second kappa shape index (κ2) is 7.67. The standard InChI is InChI=1S/C26H34O6/c1-15-12-22-20-7-6-18-13-19(29)8-10-24(18,4)21(20)9-11-25(22,5)26(15,32-17(3)28)23(30)14-31-16(2)27/h9,13,15,20,22H,6-8,10-12,14H2,1-5H3/t15-,20+,22-,24-,25-,26+/m0/s1. The Kier molecular flexibility index (Phi) is 5.50. The molecule has 0 aromatic rings. The van der Waals surface area contributed by atoms with Crippen molar-refractivity contribution in [2.45, 2.75) is 78.7 Å². The first-order valence-electron chi connectivity index (χ1n) is 11.8. The van der Waals surface area contributed by atoms with Gasteiger partial charge in [0, 0.05) is 37.0 Å². The number of rotatable bonds is 4. The molecule has 4 aliphatic rings. The minimum atomic E-state index is -1.32. The molecule has 6 heteroatoms. The van der Waals surface area contributed by atoms with Gasteiger partial charge in [-0.25, -0.2) is 0 Å². The number of hydrogen-bond donors (Lipinski definition) is 0. The second-order valence-corrected chi connectivity index (χ2v) is 10.7. The van der Waals surface area contributed by atoms with Crippen molar-refractivity contribution in [3.8, 4) is 0 Å². The fourth-order valence-corrected chi connectivity index (χ4v) is 7.55. The number of ketones is 2. The zero-order chi connectivity index (χ0) is 23.5. The number of esters is 2. The Balaban J connectivity index is 1.77. The average molecular weight is 443 g/mol. The molecule has 0 spiro atoms. The van der Waals surface area contributed by atoms with Crippen LogP contribution in [-0.2, 0) is 28.7 Å². The minimum Gasteiger partial charge on any atom is -0.458 e. The van der Waals surface area contributed by atoms with Crippen LogP contribution in [0.3, 0.4) is 0 Å². The monoisotopic (exact) mass is 442 g/mol. The van der Waals surface area contributed by atoms with Gasteiger partial charge in [-0.2, -0.15) is 0 Å². The van der Waals surface area contributed by atoms with Gasteiger partial charge in [-0.15, -0.1) is 0 Å². The maximum absolute atomic E-state index is 13.5. The van der Waals surface area contributed by atoms with E-state index in [-0.39, 0.29) is 41.3 Å². The predicted octanol–water partition coefficient (Wildman–Crippen LogP) is 4.12. The molecule has 0 radical (unpaired) electrons. The highest BCUT2D eigenvalue weighted by molar-refractivity contribution is 5.94. The van der Waals surface area contributed by atoms with E-state index >= 15 is 0 Å². The van der Waals surface area contributed by atoms with E-state index in [1.165, 1.54) is 25.0 Å². The van der Waals surface area contributed by atoms with Gasteiger partial charge < -0.3 is 9.47 Å². The van der Waals surface area contributed by atoms with E-state index < -0.39 is 23.0 Å². The topological polar surface area (TPSA) is 86.7 Å². The van der Waals surface area contributed by atoms with E-state index in [1.807, 2.05) is 13.0 Å². The van der Waals surface area contributed by atoms with Crippen LogP contribution >= 0.6 is 0 Å². The molecule has 0 aliphatic heterocycles. The van der Waals surface area contributed by atoms with Crippen LogP contribution in [0.1, 0.15) is 73.1 Å². The van der Waals surface area contributed by atoms with Crippen molar-refractivity contribution >= 4 is 23.5 Å². The van der Waals surface area contributed by atoms with Gasteiger partial charge in [0.15, 0.2) is 18.0 Å². The number of ether oxygens (including phenoxy) is 2. The van der Waals surface area contributed by atoms with Gasteiger partial charge in [-0.3, -0.25) is 19.2 Å². The molecule has 4 aliphatic carbocycles. The van der Waals surface area contributed by atoms with Gasteiger partial charge >= 0.3 is 11.9 Å². The van der Waals surface area contributed by atoms with E-state index in [0.29, 0.717) is 12.8 Å². The molecule has 0 unspecified atom stereocenters. The van der Waals surface area contributed by atoms with Gasteiger partial charge in [0.2, 0.25) is 5.78 Å². The maximum atomic E-state index is 13.5. The smallest absolute Gasteiger partial charge is 0.303 e. The van der Waals surface area contributed by atoms with Crippen molar-refractivity contribution in [2.75, 3.05) is 6.61 Å². The van der Waals surface area contributed by atoms with Crippen LogP contribution in [0.25, 0.3) is 0 Å². The van der Waals surface area contributed by atoms with E-state index in [4.69, 9.17) is 9.47 Å². The molecule has 0 amide bonds. The summed E-state index contributed by atoms with van der Waals surface area (Å²) >= 11 is 0. The summed E-state index contributed by atoms with van der Waals surface area (Å²) in [6.07, 6.45) is 8.72. The first kappa shape index (κ1) is 22.9. The van der Waals surface area contributed by atoms with Crippen molar-refractivity contribution in [1.82, 2.24) is 0 Å². The summed E-state index contributed by atoms with van der Waals surface area (Å²) in [5.41, 5.74) is 0.633. The molecule has 0 N–H and O–H groups in total. The van der Waals surface area contributed by atoms with Crippen LogP contribution < -0.4 is 0 Å². The molecule has 0 aromatic carbocycles. The molecule has 0 heterocycles. The zero-order valence-electron chi connectivity index (χ0n) is 19.8. The Morgan fingerprint density at radius 3 is 2.50 bits per heavy atom. The van der Waals surface area contributed by atoms with E-state index in [0.717, 1.165) is 25.7 Å². The van der Waals surface area contributed by atoms with Gasteiger partial charge in [0.25, 0.3) is 0 Å². The van der Waals surface area contributed by atoms with Gasteiger partial charge in [0.05, 0.1) is 0 Å². The van der Waals surface area contributed by atoms with Crippen LogP contribution in [0.5, 0.6) is 0 Å². The number of Topliss-reactive ketones (excluding diaryl/α,β-unsaturated/α-hetero) is 1. The third-order valence-electron chi connectivity index (χ3n) is 9.00. The van der Waals surface area contributed by atoms with Crippen LogP contribution in [0, 0.1) is 28.6 Å². The summed E-state index contributed by atoms with van der Waals surface area (Å²) in [7, 11) is 0. The molecule has 2 saturated carbocycles. The Morgan fingerprint density at radius 2 is 1.84 bits per heavy atom. The third-order valence-corrected chi connectivity index (χ3v) is 9.00. The molecule has 6 atom stereocenters. The molecular weight excluding hydrogens is 408 g/mol. The highest BCUT2D eigenvalue weighted by Gasteiger charge is 2.70. The summed E-state index contributed by atoms with van der Waals surface area (Å²) in [6.45, 7) is 8.53. The average Bonchev–Trinajstić information content (AvgIpc) is 2.94. The van der Waals surface area contributed by atoms with Gasteiger partial charge in [-0.1, -0.05) is 38.0 Å². The third kappa shape index (κ3) is 3.12. The van der Waals surface area contributed by atoms with Crippen molar-refractivity contribution < 1.29 is 28.7 Å². The highest BCUT2D eigenvalue weighted by atomic mass is 16.6. The lowest BCUT2D eigenvalue weighted by atomic mass is 9.50. The second-order valence-electron chi connectivity index (χ2n) is 10.7. The Bertz CT molecular complexity index is 944. The Labute approximate surface area is 189 Å². The maximum Gasteiger partial charge on any atom is 0.303 e. The Morgan fingerprint density at radius 1 is 1.12 bits per heavy atom. The van der Waals surface area contributed by atoms with Crippen molar-refractivity contribution in [1.29, 1.82) is 0 Å². The normalized spacial score (nSPS) is 40.3. The molecular formula is C26H34O6. The molecule has 174 valence electrons. The number of allylic oxidation sites excluding steroid dienone is 4. The van der Waals surface area contributed by atoms with Crippen molar-refractivity contribution in [3.63, 3.8) is 0 Å². The predicted molar refractivity (Wildman–Crippen MR) is 117 cm³/mol. The SMILES string of the molecule is CC(=O)OCC(=O)[C@]1(OC(C)=O)[C@@H](C)C[C@H]2[C@@H]3CCC4=CC(=O)CC[C@]4(C)C3=CC[C@@]21C. The van der Waals surface area contributed by atoms with E-state index in [9.17, 15) is 19.2 Å². The van der Waals surface area contributed by atoms with Gasteiger partial charge in [0.1, 0.15) is 0 Å². The molecule has 0 saturated heterocycles. The molecule has 2 fully saturated rings. The van der Waals surface area contributed by atoms with E-state index in [1.54, 1.807) is 0 Å². The first-order chi connectivity index (χ1) is 15.0. The fraction of sp³-hybridized carbons (Fsp3) is 0.692. The summed E-state index contributed by atoms with van der Waals surface area (Å²) in [5.74, 6) is -0.855. The molecule has 32 heavy (non-hydrogen) atoms. The lowest BCUT2D eigenvalue weighted by Gasteiger charge is -2.55. The van der Waals surface area contributed by atoms with E-state index in [2.05, 4.69) is 19.9 Å². The molecule has 4 rings (SSSR count). The first-order valence-corrected chi connectivity index (χ1v) is 11.8. The number of carbonyl (C=O) groups is 4. The number of fused-ring (bicyclic) bond motifs is 5. The summed E-state index contributed by atoms with van der Waals surface area (Å²) in [6, 6.07) is 0. The lowest BCUT2D eigenvalue weighted by Crippen LogP contribution is -2.60. The summed E-state index contributed by atoms with van der Waals surface area (Å²) in [5, 5.41) is 0. The highest BCUT2D eigenvalue weighted by Crippen LogP contribution is 2.67. The van der Waals surface area contributed by atoms with Crippen LogP contribution in [0.2, 0.25) is 0 Å². The molecule has 0 bridgehead atoms. The number of carbonyl (C=O) groups excluding carboxylic acids is 4. The minimum absolute atomic E-state index is 0.101.